The summed E-state index contributed by atoms with van der Waals surface area (Å²) in [7, 11) is 1.77. The van der Waals surface area contributed by atoms with Crippen molar-refractivity contribution in [2.75, 3.05) is 13.3 Å². The number of thioether (sulfide) groups is 1. The molecule has 1 amide bonds. The van der Waals surface area contributed by atoms with Crippen LogP contribution in [0.1, 0.15) is 21.6 Å². The van der Waals surface area contributed by atoms with Crippen LogP contribution in [0, 0.1) is 6.92 Å². The first-order valence-electron chi connectivity index (χ1n) is 9.37. The van der Waals surface area contributed by atoms with Crippen molar-refractivity contribution in [2.45, 2.75) is 18.5 Å². The van der Waals surface area contributed by atoms with E-state index in [1.165, 1.54) is 11.8 Å². The van der Waals surface area contributed by atoms with E-state index in [9.17, 15) is 4.79 Å². The van der Waals surface area contributed by atoms with Crippen LogP contribution in [0.25, 0.3) is 17.3 Å². The topological polar surface area (TPSA) is 77.1 Å². The van der Waals surface area contributed by atoms with Gasteiger partial charge >= 0.3 is 0 Å². The summed E-state index contributed by atoms with van der Waals surface area (Å²) < 4.78 is 7.20. The Balaban J connectivity index is 1.56. The van der Waals surface area contributed by atoms with Crippen LogP contribution in [-0.2, 0) is 6.54 Å². The van der Waals surface area contributed by atoms with E-state index in [4.69, 9.17) is 4.42 Å². The molecule has 0 atom stereocenters. The lowest BCUT2D eigenvalue weighted by Gasteiger charge is -2.19. The van der Waals surface area contributed by atoms with Gasteiger partial charge in [-0.1, -0.05) is 18.2 Å². The number of rotatable bonds is 6. The summed E-state index contributed by atoms with van der Waals surface area (Å²) >= 11 is 1.42. The van der Waals surface area contributed by atoms with Gasteiger partial charge in [0.1, 0.15) is 5.03 Å². The fourth-order valence-electron chi connectivity index (χ4n) is 3.16. The van der Waals surface area contributed by atoms with Gasteiger partial charge in [-0.15, -0.1) is 11.8 Å². The number of hydrogen-bond donors (Lipinski definition) is 0. The average Bonchev–Trinajstić information content (AvgIpc) is 3.45. The van der Waals surface area contributed by atoms with Crippen molar-refractivity contribution in [1.82, 2.24) is 24.6 Å². The number of amides is 1. The van der Waals surface area contributed by atoms with Crippen LogP contribution in [0.4, 0.5) is 0 Å². The molecule has 3 aromatic heterocycles. The summed E-state index contributed by atoms with van der Waals surface area (Å²) in [5.41, 5.74) is 3.04. The van der Waals surface area contributed by atoms with E-state index >= 15 is 0 Å². The molecule has 30 heavy (non-hydrogen) atoms. The van der Waals surface area contributed by atoms with Gasteiger partial charge in [-0.2, -0.15) is 5.10 Å². The molecule has 0 saturated carbocycles. The van der Waals surface area contributed by atoms with E-state index in [2.05, 4.69) is 15.1 Å². The first-order valence-corrected chi connectivity index (χ1v) is 10.6. The Morgan fingerprint density at radius 1 is 1.17 bits per heavy atom. The highest BCUT2D eigenvalue weighted by Crippen LogP contribution is 2.26. The van der Waals surface area contributed by atoms with E-state index in [-0.39, 0.29) is 5.91 Å². The third-order valence-corrected chi connectivity index (χ3v) is 5.31. The minimum atomic E-state index is -0.129. The number of carbonyl (C=O) groups is 1. The first kappa shape index (κ1) is 19.9. The van der Waals surface area contributed by atoms with Crippen LogP contribution in [0.15, 0.2) is 70.6 Å². The summed E-state index contributed by atoms with van der Waals surface area (Å²) in [6.45, 7) is 2.25. The van der Waals surface area contributed by atoms with Crippen molar-refractivity contribution in [3.05, 3.63) is 77.9 Å². The zero-order chi connectivity index (χ0) is 21.1. The molecule has 0 spiro atoms. The quantitative estimate of drug-likeness (QED) is 0.344. The van der Waals surface area contributed by atoms with E-state index in [0.29, 0.717) is 34.4 Å². The molecular formula is C22H21N5O2S. The van der Waals surface area contributed by atoms with Gasteiger partial charge in [-0.05, 0) is 37.4 Å². The largest absolute Gasteiger partial charge is 0.461 e. The highest BCUT2D eigenvalue weighted by atomic mass is 32.2. The number of nitrogens with zero attached hydrogens (tertiary/aromatic N) is 5. The Bertz CT molecular complexity index is 1160. The van der Waals surface area contributed by atoms with Crippen molar-refractivity contribution >= 4 is 17.7 Å². The van der Waals surface area contributed by atoms with E-state index in [0.717, 1.165) is 11.3 Å². The zero-order valence-corrected chi connectivity index (χ0v) is 17.8. The summed E-state index contributed by atoms with van der Waals surface area (Å²) in [5, 5.41) is 5.03. The minimum absolute atomic E-state index is 0.129. The molecule has 0 bridgehead atoms. The van der Waals surface area contributed by atoms with Gasteiger partial charge in [0.2, 0.25) is 0 Å². The molecule has 0 saturated heterocycles. The predicted molar refractivity (Wildman–Crippen MR) is 116 cm³/mol. The van der Waals surface area contributed by atoms with Crippen LogP contribution < -0.4 is 0 Å². The van der Waals surface area contributed by atoms with Gasteiger partial charge in [0.15, 0.2) is 11.6 Å². The summed E-state index contributed by atoms with van der Waals surface area (Å²) in [6, 6.07) is 13.4. The number of aromatic nitrogens is 4. The van der Waals surface area contributed by atoms with Gasteiger partial charge in [-0.25, -0.2) is 14.6 Å². The lowest BCUT2D eigenvalue weighted by atomic mass is 10.2. The highest BCUT2D eigenvalue weighted by molar-refractivity contribution is 7.98. The predicted octanol–water partition coefficient (Wildman–Crippen LogP) is 4.22. The van der Waals surface area contributed by atoms with Crippen LogP contribution in [0.5, 0.6) is 0 Å². The third kappa shape index (κ3) is 3.99. The fraction of sp³-hybridized carbons (Fsp3) is 0.182. The molecule has 0 radical (unpaired) electrons. The Morgan fingerprint density at radius 3 is 2.67 bits per heavy atom. The van der Waals surface area contributed by atoms with Crippen LogP contribution in [0.3, 0.4) is 0 Å². The molecule has 0 fully saturated rings. The maximum Gasteiger partial charge on any atom is 0.258 e. The van der Waals surface area contributed by atoms with Gasteiger partial charge < -0.3 is 9.32 Å². The van der Waals surface area contributed by atoms with E-state index < -0.39 is 0 Å². The molecule has 152 valence electrons. The van der Waals surface area contributed by atoms with Crippen molar-refractivity contribution in [1.29, 1.82) is 0 Å². The first-order chi connectivity index (χ1) is 14.6. The van der Waals surface area contributed by atoms with Gasteiger partial charge in [-0.3, -0.25) is 4.79 Å². The summed E-state index contributed by atoms with van der Waals surface area (Å²) in [6.07, 6.45) is 7.18. The van der Waals surface area contributed by atoms with Crippen LogP contribution >= 0.6 is 11.8 Å². The standard InChI is InChI=1S/C22H21N5O2S/c1-15-19(21(30-3)25-20(24-15)18-10-7-11-29-18)22(28)26(2)13-16-12-23-27(14-16)17-8-5-4-6-9-17/h4-12,14H,13H2,1-3H3. The Morgan fingerprint density at radius 2 is 1.97 bits per heavy atom. The van der Waals surface area contributed by atoms with Crippen molar-refractivity contribution in [3.8, 4) is 17.3 Å². The molecule has 7 nitrogen and oxygen atoms in total. The number of benzene rings is 1. The van der Waals surface area contributed by atoms with Crippen LogP contribution in [0.2, 0.25) is 0 Å². The Hall–Kier alpha value is -3.39. The van der Waals surface area contributed by atoms with Crippen molar-refractivity contribution in [2.24, 2.45) is 0 Å². The lowest BCUT2D eigenvalue weighted by Crippen LogP contribution is -2.28. The second-order valence-electron chi connectivity index (χ2n) is 6.78. The smallest absolute Gasteiger partial charge is 0.258 e. The molecule has 4 aromatic rings. The highest BCUT2D eigenvalue weighted by Gasteiger charge is 2.23. The second kappa shape index (κ2) is 8.54. The summed E-state index contributed by atoms with van der Waals surface area (Å²) in [4.78, 5) is 23.9. The molecule has 0 N–H and O–H groups in total. The Labute approximate surface area is 178 Å². The number of hydrogen-bond acceptors (Lipinski definition) is 6. The summed E-state index contributed by atoms with van der Waals surface area (Å²) in [5.74, 6) is 0.926. The normalized spacial score (nSPS) is 10.9. The molecule has 0 aliphatic rings. The minimum Gasteiger partial charge on any atom is -0.461 e. The van der Waals surface area contributed by atoms with E-state index in [1.807, 2.05) is 49.7 Å². The molecule has 0 unspecified atom stereocenters. The van der Waals surface area contributed by atoms with Crippen molar-refractivity contribution in [3.63, 3.8) is 0 Å². The number of furan rings is 1. The average molecular weight is 420 g/mol. The molecule has 0 aliphatic carbocycles. The molecular weight excluding hydrogens is 398 g/mol. The molecule has 4 rings (SSSR count). The SMILES string of the molecule is CSc1nc(-c2ccco2)nc(C)c1C(=O)N(C)Cc1cnn(-c2ccccc2)c1. The lowest BCUT2D eigenvalue weighted by molar-refractivity contribution is 0.0779. The van der Waals surface area contributed by atoms with Gasteiger partial charge in [0.25, 0.3) is 5.91 Å². The Kier molecular flexibility index (Phi) is 5.67. The molecule has 1 aromatic carbocycles. The third-order valence-electron chi connectivity index (χ3n) is 4.63. The van der Waals surface area contributed by atoms with Gasteiger partial charge in [0, 0.05) is 25.4 Å². The number of carbonyl (C=O) groups excluding carboxylic acids is 1. The van der Waals surface area contributed by atoms with Crippen LogP contribution in [-0.4, -0.2) is 43.9 Å². The maximum absolute atomic E-state index is 13.2. The fourth-order valence-corrected chi connectivity index (χ4v) is 3.77. The molecule has 0 aliphatic heterocycles. The zero-order valence-electron chi connectivity index (χ0n) is 16.9. The second-order valence-corrected chi connectivity index (χ2v) is 7.58. The van der Waals surface area contributed by atoms with E-state index in [1.54, 1.807) is 41.2 Å². The maximum atomic E-state index is 13.2. The van der Waals surface area contributed by atoms with Crippen molar-refractivity contribution < 1.29 is 9.21 Å². The number of aryl methyl sites for hydroxylation is 1. The number of para-hydroxylation sites is 1. The van der Waals surface area contributed by atoms with Gasteiger partial charge in [0.05, 0.1) is 29.4 Å². The molecule has 3 heterocycles. The molecule has 8 heteroatoms. The monoisotopic (exact) mass is 419 g/mol.